The van der Waals surface area contributed by atoms with Gasteiger partial charge in [-0.3, -0.25) is 18.9 Å². The Labute approximate surface area is 174 Å². The van der Waals surface area contributed by atoms with Gasteiger partial charge in [-0.25, -0.2) is 18.5 Å². The molecule has 0 radical (unpaired) electrons. The average molecular weight is 525 g/mol. The number of aromatic nitrogens is 2. The first kappa shape index (κ1) is 26.5. The van der Waals surface area contributed by atoms with E-state index in [9.17, 15) is 38.4 Å². The molecule has 0 bridgehead atoms. The zero-order chi connectivity index (χ0) is 24.5. The molecule has 2 heterocycles. The summed E-state index contributed by atoms with van der Waals surface area (Å²) in [5.74, 6) is 0. The zero-order valence-electron chi connectivity index (χ0n) is 15.1. The maximum absolute atomic E-state index is 11.9. The van der Waals surface area contributed by atoms with Crippen molar-refractivity contribution in [2.24, 2.45) is 5.11 Å². The van der Waals surface area contributed by atoms with Gasteiger partial charge in [0.05, 0.1) is 6.61 Å². The van der Waals surface area contributed by atoms with Crippen LogP contribution in [0, 0.1) is 0 Å². The van der Waals surface area contributed by atoms with Crippen LogP contribution in [0.15, 0.2) is 27.0 Å². The van der Waals surface area contributed by atoms with Crippen molar-refractivity contribution in [3.8, 4) is 0 Å². The predicted octanol–water partition coefficient (Wildman–Crippen LogP) is -1.86. The summed E-state index contributed by atoms with van der Waals surface area (Å²) in [5, 5.41) is 23.5. The molecule has 0 aromatic carbocycles. The van der Waals surface area contributed by atoms with Crippen LogP contribution in [0.4, 0.5) is 0 Å². The Morgan fingerprint density at radius 3 is 2.34 bits per heavy atom. The van der Waals surface area contributed by atoms with E-state index in [0.29, 0.717) is 4.57 Å². The summed E-state index contributed by atoms with van der Waals surface area (Å²) in [4.78, 5) is 62.8. The lowest BCUT2D eigenvalue weighted by Gasteiger charge is -2.27. The van der Waals surface area contributed by atoms with Crippen LogP contribution in [0.5, 0.6) is 0 Å². The molecule has 2 rings (SSSR count). The molecule has 32 heavy (non-hydrogen) atoms. The molecule has 1 fully saturated rings. The normalized spacial score (nSPS) is 29.6. The van der Waals surface area contributed by atoms with Crippen LogP contribution < -0.4 is 11.2 Å². The number of aliphatic hydroxyl groups is 2. The quantitative estimate of drug-likeness (QED) is 0.0804. The molecular weight excluding hydrogens is 511 g/mol. The van der Waals surface area contributed by atoms with Crippen molar-refractivity contribution >= 4 is 23.5 Å². The Morgan fingerprint density at radius 1 is 1.19 bits per heavy atom. The third-order valence-electron chi connectivity index (χ3n) is 3.59. The van der Waals surface area contributed by atoms with E-state index in [0.717, 1.165) is 12.3 Å². The Morgan fingerprint density at radius 2 is 1.81 bits per heavy atom. The number of phosphoric acid groups is 3. The number of nitrogens with zero attached hydrogens (tertiary/aromatic N) is 4. The minimum Gasteiger partial charge on any atom is -0.387 e. The van der Waals surface area contributed by atoms with Crippen LogP contribution in [0.25, 0.3) is 10.4 Å². The van der Waals surface area contributed by atoms with Crippen molar-refractivity contribution in [2.75, 3.05) is 6.61 Å². The number of azide groups is 1. The van der Waals surface area contributed by atoms with Crippen LogP contribution in [-0.4, -0.2) is 63.9 Å². The molecule has 1 aliphatic heterocycles. The fourth-order valence-corrected chi connectivity index (χ4v) is 5.45. The van der Waals surface area contributed by atoms with Gasteiger partial charge in [0.2, 0.25) is 5.72 Å². The largest absolute Gasteiger partial charge is 0.490 e. The molecular formula is C9H14N5O15P3. The SMILES string of the molecule is [N-]=[N+]=N[C@]1(COP(=O)(O)OP(=O)(O)OP(=O)(O)O)O[C@@H](n2ccc(=O)[nH]c2=O)[C@@H](O)[C@H]1O. The fraction of sp³-hybridized carbons (Fsp3) is 0.556. The minimum absolute atomic E-state index is 0.564. The molecule has 0 amide bonds. The molecule has 1 aromatic heterocycles. The van der Waals surface area contributed by atoms with Crippen LogP contribution in [0.1, 0.15) is 6.23 Å². The molecule has 1 saturated heterocycles. The van der Waals surface area contributed by atoms with Gasteiger partial charge < -0.3 is 34.5 Å². The first-order valence-electron chi connectivity index (χ1n) is 7.71. The van der Waals surface area contributed by atoms with Gasteiger partial charge in [0.25, 0.3) is 5.56 Å². The lowest BCUT2D eigenvalue weighted by Crippen LogP contribution is -2.44. The van der Waals surface area contributed by atoms with Gasteiger partial charge in [0, 0.05) is 17.2 Å². The number of phosphoric ester groups is 1. The summed E-state index contributed by atoms with van der Waals surface area (Å²) in [6.45, 7) is -1.46. The molecule has 1 aliphatic rings. The number of hydrogen-bond acceptors (Lipinski definition) is 12. The molecule has 23 heteroatoms. The highest BCUT2D eigenvalue weighted by Gasteiger charge is 2.56. The van der Waals surface area contributed by atoms with Crippen molar-refractivity contribution < 1.29 is 61.4 Å². The van der Waals surface area contributed by atoms with E-state index in [-0.39, 0.29) is 0 Å². The number of aromatic amines is 1. The summed E-state index contributed by atoms with van der Waals surface area (Å²) in [7, 11) is -17.2. The molecule has 7 N–H and O–H groups in total. The van der Waals surface area contributed by atoms with Gasteiger partial charge in [-0.05, 0) is 5.53 Å². The zero-order valence-corrected chi connectivity index (χ0v) is 17.8. The van der Waals surface area contributed by atoms with Crippen LogP contribution in [0.3, 0.4) is 0 Å². The smallest absolute Gasteiger partial charge is 0.387 e. The van der Waals surface area contributed by atoms with Crippen molar-refractivity contribution in [2.45, 2.75) is 24.2 Å². The highest BCUT2D eigenvalue weighted by atomic mass is 31.3. The topological polar surface area (TPSA) is 313 Å². The maximum atomic E-state index is 11.9. The van der Waals surface area contributed by atoms with E-state index < -0.39 is 65.5 Å². The first-order valence-corrected chi connectivity index (χ1v) is 12.2. The number of aliphatic hydroxyl groups excluding tert-OH is 2. The summed E-state index contributed by atoms with van der Waals surface area (Å²) in [6, 6.07) is 0.837. The highest BCUT2D eigenvalue weighted by molar-refractivity contribution is 7.66. The third kappa shape index (κ3) is 6.41. The summed E-state index contributed by atoms with van der Waals surface area (Å²) >= 11 is 0. The van der Waals surface area contributed by atoms with Crippen molar-refractivity contribution in [1.29, 1.82) is 0 Å². The van der Waals surface area contributed by atoms with Gasteiger partial charge in [-0.15, -0.1) is 0 Å². The summed E-state index contributed by atoms with van der Waals surface area (Å²) < 4.78 is 50.8. The number of rotatable bonds is 9. The molecule has 20 nitrogen and oxygen atoms in total. The molecule has 180 valence electrons. The Hall–Kier alpha value is -1.72. The van der Waals surface area contributed by atoms with Crippen molar-refractivity contribution in [3.63, 3.8) is 0 Å². The lowest BCUT2D eigenvalue weighted by atomic mass is 10.1. The molecule has 0 aliphatic carbocycles. The fourth-order valence-electron chi connectivity index (χ4n) is 2.40. The second-order valence-electron chi connectivity index (χ2n) is 5.86. The van der Waals surface area contributed by atoms with E-state index in [1.807, 2.05) is 4.98 Å². The summed E-state index contributed by atoms with van der Waals surface area (Å²) in [5.41, 5.74) is 4.06. The number of nitrogens with one attached hydrogen (secondary N) is 1. The van der Waals surface area contributed by atoms with Gasteiger partial charge in [0.15, 0.2) is 6.23 Å². The molecule has 0 saturated carbocycles. The number of H-pyrrole nitrogens is 1. The van der Waals surface area contributed by atoms with E-state index >= 15 is 0 Å². The Balaban J connectivity index is 2.28. The van der Waals surface area contributed by atoms with Crippen molar-refractivity contribution in [1.82, 2.24) is 9.55 Å². The number of ether oxygens (including phenoxy) is 1. The highest BCUT2D eigenvalue weighted by Crippen LogP contribution is 2.66. The molecule has 0 spiro atoms. The monoisotopic (exact) mass is 525 g/mol. The van der Waals surface area contributed by atoms with E-state index in [1.54, 1.807) is 0 Å². The van der Waals surface area contributed by atoms with Gasteiger partial charge >= 0.3 is 29.2 Å². The maximum Gasteiger partial charge on any atom is 0.490 e. The lowest BCUT2D eigenvalue weighted by molar-refractivity contribution is -0.123. The van der Waals surface area contributed by atoms with Crippen LogP contribution in [0.2, 0.25) is 0 Å². The first-order chi connectivity index (χ1) is 14.5. The molecule has 1 aromatic rings. The second-order valence-corrected chi connectivity index (χ2v) is 10.3. The Bertz CT molecular complexity index is 1170. The van der Waals surface area contributed by atoms with Crippen LogP contribution in [-0.2, 0) is 31.6 Å². The van der Waals surface area contributed by atoms with Crippen molar-refractivity contribution in [3.05, 3.63) is 43.5 Å². The van der Waals surface area contributed by atoms with Gasteiger partial charge in [-0.1, -0.05) is 5.11 Å². The van der Waals surface area contributed by atoms with E-state index in [2.05, 4.69) is 23.2 Å². The van der Waals surface area contributed by atoms with Crippen LogP contribution >= 0.6 is 23.5 Å². The molecule has 6 atom stereocenters. The second kappa shape index (κ2) is 9.26. The van der Waals surface area contributed by atoms with E-state index in [4.69, 9.17) is 24.9 Å². The number of hydrogen-bond donors (Lipinski definition) is 7. The summed E-state index contributed by atoms with van der Waals surface area (Å²) in [6.07, 6.45) is -5.27. The Kier molecular flexibility index (Phi) is 7.68. The predicted molar refractivity (Wildman–Crippen MR) is 95.2 cm³/mol. The average Bonchev–Trinajstić information content (AvgIpc) is 2.83. The van der Waals surface area contributed by atoms with Gasteiger partial charge in [-0.2, -0.15) is 8.62 Å². The van der Waals surface area contributed by atoms with E-state index in [1.165, 1.54) is 0 Å². The standard InChI is InChI=1S/C9H14N5O15P3/c10-13-12-9(3-26-31(22,23)29-32(24,25)28-30(19,20)21)6(17)5(16)7(27-9)14-2-1-4(15)11-8(14)18/h1-2,5-7,16-17H,3H2,(H,22,23)(H,24,25)(H,11,15,18)(H2,19,20,21)/t5-,6+,7+,9+/m0/s1. The molecule has 2 unspecified atom stereocenters. The minimum atomic E-state index is -5.87. The van der Waals surface area contributed by atoms with Gasteiger partial charge in [0.1, 0.15) is 12.2 Å². The third-order valence-corrected chi connectivity index (χ3v) is 7.38.